The van der Waals surface area contributed by atoms with E-state index in [0.717, 1.165) is 35.1 Å². The van der Waals surface area contributed by atoms with Gasteiger partial charge in [0.05, 0.1) is 51.8 Å². The Bertz CT molecular complexity index is 1570. The Labute approximate surface area is 289 Å². The van der Waals surface area contributed by atoms with E-state index in [2.05, 4.69) is 60.7 Å². The van der Waals surface area contributed by atoms with Crippen LogP contribution in [0, 0.1) is 0 Å². The summed E-state index contributed by atoms with van der Waals surface area (Å²) >= 11 is 0. The van der Waals surface area contributed by atoms with Gasteiger partial charge in [0.2, 0.25) is 0 Å². The minimum Gasteiger partial charge on any atom is -0.374 e. The molecule has 0 unspecified atom stereocenters. The number of fused-ring (bicyclic) bond motifs is 1. The van der Waals surface area contributed by atoms with E-state index < -0.39 is 30.2 Å². The predicted octanol–water partition coefficient (Wildman–Crippen LogP) is 7.58. The van der Waals surface area contributed by atoms with E-state index in [1.54, 1.807) is 0 Å². The first-order valence-corrected chi connectivity index (χ1v) is 17.5. The highest BCUT2D eigenvalue weighted by Gasteiger charge is 2.60. The summed E-state index contributed by atoms with van der Waals surface area (Å²) in [6.45, 7) is 2.47. The number of benzene rings is 4. The zero-order valence-electron chi connectivity index (χ0n) is 27.9. The normalized spacial score (nSPS) is 28.2. The second-order valence-electron chi connectivity index (χ2n) is 13.0. The number of hydrogen-bond acceptors (Lipinski definition) is 7. The molecule has 0 radical (unpaired) electrons. The predicted molar refractivity (Wildman–Crippen MR) is 186 cm³/mol. The van der Waals surface area contributed by atoms with Crippen LogP contribution in [0.25, 0.3) is 0 Å². The third kappa shape index (κ3) is 8.74. The molecule has 4 aromatic carbocycles. The highest BCUT2D eigenvalue weighted by Crippen LogP contribution is 2.45. The van der Waals surface area contributed by atoms with Gasteiger partial charge in [-0.3, -0.25) is 0 Å². The molecule has 7 atom stereocenters. The van der Waals surface area contributed by atoms with E-state index in [0.29, 0.717) is 46.1 Å². The van der Waals surface area contributed by atoms with Crippen LogP contribution in [-0.4, -0.2) is 55.6 Å². The van der Waals surface area contributed by atoms with E-state index >= 15 is 0 Å². The summed E-state index contributed by atoms with van der Waals surface area (Å²) in [5.74, 6) is -1.10. The highest BCUT2D eigenvalue weighted by atomic mass is 16.8. The van der Waals surface area contributed by atoms with E-state index in [4.69, 9.17) is 33.2 Å². The van der Waals surface area contributed by atoms with Crippen LogP contribution in [0.2, 0.25) is 0 Å². The molecule has 0 bridgehead atoms. The van der Waals surface area contributed by atoms with Gasteiger partial charge >= 0.3 is 0 Å². The van der Waals surface area contributed by atoms with Gasteiger partial charge in [-0.15, -0.1) is 0 Å². The maximum absolute atomic E-state index is 7.17. The molecular weight excluding hydrogens is 616 g/mol. The summed E-state index contributed by atoms with van der Waals surface area (Å²) in [6.07, 6.45) is 3.94. The Balaban J connectivity index is 1.23. The van der Waals surface area contributed by atoms with Crippen LogP contribution in [-0.2, 0) is 59.6 Å². The number of hydrogen-bond donors (Lipinski definition) is 0. The lowest BCUT2D eigenvalue weighted by atomic mass is 9.85. The molecule has 0 saturated carbocycles. The van der Waals surface area contributed by atoms with E-state index in [1.807, 2.05) is 72.8 Å². The quantitative estimate of drug-likeness (QED) is 0.137. The van der Waals surface area contributed by atoms with Crippen molar-refractivity contribution in [3.05, 3.63) is 156 Å². The highest BCUT2D eigenvalue weighted by molar-refractivity contribution is 5.17. The van der Waals surface area contributed by atoms with Crippen molar-refractivity contribution in [1.29, 1.82) is 0 Å². The lowest BCUT2D eigenvalue weighted by Gasteiger charge is -2.55. The average molecular weight is 663 g/mol. The first kappa shape index (κ1) is 33.8. The van der Waals surface area contributed by atoms with Gasteiger partial charge in [0.1, 0.15) is 24.4 Å². The molecule has 3 aliphatic rings. The van der Waals surface area contributed by atoms with Gasteiger partial charge in [0, 0.05) is 6.42 Å². The molecule has 2 saturated heterocycles. The molecular formula is C42H46O7. The lowest BCUT2D eigenvalue weighted by molar-refractivity contribution is -0.409. The molecule has 2 fully saturated rings. The standard InChI is InChI=1S/C42H46O7/c1-5-15-32(16-6-1)27-43-31-38-39(45-28-33-17-7-2-8-18-33)40(46-29-34-19-9-3-10-20-34)41(47-30-35-21-11-4-12-22-35)42(49-38)25-24-36-37(48-42)23-13-14-26-44-36/h1-22,36-41H,23-31H2/t36-,37+,38+,39+,40-,41+,42-/m0/s1. The molecule has 3 heterocycles. The maximum Gasteiger partial charge on any atom is 0.198 e. The van der Waals surface area contributed by atoms with Gasteiger partial charge in [-0.05, 0) is 35.1 Å². The molecule has 49 heavy (non-hydrogen) atoms. The zero-order valence-corrected chi connectivity index (χ0v) is 27.9. The topological polar surface area (TPSA) is 64.6 Å². The molecule has 0 aromatic heterocycles. The molecule has 7 rings (SSSR count). The summed E-state index contributed by atoms with van der Waals surface area (Å²) in [5, 5.41) is 0. The van der Waals surface area contributed by atoms with Crippen molar-refractivity contribution in [3.63, 3.8) is 0 Å². The smallest absolute Gasteiger partial charge is 0.198 e. The third-order valence-electron chi connectivity index (χ3n) is 9.49. The van der Waals surface area contributed by atoms with Crippen LogP contribution in [0.3, 0.4) is 0 Å². The molecule has 256 valence electrons. The number of ether oxygens (including phenoxy) is 7. The minimum atomic E-state index is -1.10. The zero-order chi connectivity index (χ0) is 33.1. The Kier molecular flexibility index (Phi) is 11.6. The largest absolute Gasteiger partial charge is 0.374 e. The van der Waals surface area contributed by atoms with Crippen LogP contribution in [0.1, 0.15) is 41.5 Å². The second-order valence-corrected chi connectivity index (χ2v) is 13.0. The Morgan fingerprint density at radius 3 is 1.67 bits per heavy atom. The Morgan fingerprint density at radius 1 is 0.551 bits per heavy atom. The van der Waals surface area contributed by atoms with Gasteiger partial charge in [-0.1, -0.05) is 133 Å². The van der Waals surface area contributed by atoms with Gasteiger partial charge in [0.15, 0.2) is 5.79 Å². The summed E-state index contributed by atoms with van der Waals surface area (Å²) in [7, 11) is 0. The second kappa shape index (κ2) is 16.8. The van der Waals surface area contributed by atoms with Crippen LogP contribution in [0.4, 0.5) is 0 Å². The van der Waals surface area contributed by atoms with Crippen molar-refractivity contribution < 1.29 is 33.2 Å². The van der Waals surface area contributed by atoms with Gasteiger partial charge < -0.3 is 33.2 Å². The molecule has 0 aliphatic carbocycles. The van der Waals surface area contributed by atoms with E-state index in [9.17, 15) is 0 Å². The molecule has 0 N–H and O–H groups in total. The van der Waals surface area contributed by atoms with Crippen molar-refractivity contribution >= 4 is 0 Å². The molecule has 0 amide bonds. The summed E-state index contributed by atoms with van der Waals surface area (Å²) in [6, 6.07) is 40.8. The first-order chi connectivity index (χ1) is 24.3. The summed E-state index contributed by atoms with van der Waals surface area (Å²) < 4.78 is 47.5. The van der Waals surface area contributed by atoms with Crippen LogP contribution in [0.15, 0.2) is 133 Å². The van der Waals surface area contributed by atoms with Crippen molar-refractivity contribution in [2.75, 3.05) is 13.2 Å². The SMILES string of the molecule is C1=CC[C@H]2O[C@@]3(CC[C@@H]2OC1)O[C@H](COCc1ccccc1)[C@@H](OCc1ccccc1)[C@H](OCc1ccccc1)[C@H]3OCc1ccccc1. The van der Waals surface area contributed by atoms with Crippen LogP contribution < -0.4 is 0 Å². The van der Waals surface area contributed by atoms with Crippen molar-refractivity contribution in [2.24, 2.45) is 0 Å². The molecule has 4 aromatic rings. The summed E-state index contributed by atoms with van der Waals surface area (Å²) in [4.78, 5) is 0. The summed E-state index contributed by atoms with van der Waals surface area (Å²) in [5.41, 5.74) is 4.28. The van der Waals surface area contributed by atoms with E-state index in [1.165, 1.54) is 0 Å². The van der Waals surface area contributed by atoms with Crippen molar-refractivity contribution in [2.45, 2.75) is 88.1 Å². The van der Waals surface area contributed by atoms with E-state index in [-0.39, 0.29) is 12.2 Å². The first-order valence-electron chi connectivity index (χ1n) is 17.5. The molecule has 1 spiro atoms. The fourth-order valence-electron chi connectivity index (χ4n) is 7.00. The average Bonchev–Trinajstić information content (AvgIpc) is 3.40. The maximum atomic E-state index is 7.17. The fraction of sp³-hybridized carbons (Fsp3) is 0.381. The van der Waals surface area contributed by atoms with Gasteiger partial charge in [-0.2, -0.15) is 0 Å². The number of rotatable bonds is 13. The van der Waals surface area contributed by atoms with Crippen LogP contribution in [0.5, 0.6) is 0 Å². The fourth-order valence-corrected chi connectivity index (χ4v) is 7.00. The Hall–Kier alpha value is -3.66. The molecule has 7 nitrogen and oxygen atoms in total. The Morgan fingerprint density at radius 2 is 1.08 bits per heavy atom. The van der Waals surface area contributed by atoms with Crippen molar-refractivity contribution in [3.8, 4) is 0 Å². The lowest BCUT2D eigenvalue weighted by Crippen LogP contribution is -2.70. The van der Waals surface area contributed by atoms with Gasteiger partial charge in [0.25, 0.3) is 0 Å². The molecule has 3 aliphatic heterocycles. The third-order valence-corrected chi connectivity index (χ3v) is 9.49. The molecule has 7 heteroatoms. The van der Waals surface area contributed by atoms with Crippen molar-refractivity contribution in [1.82, 2.24) is 0 Å². The minimum absolute atomic E-state index is 0.0254. The monoisotopic (exact) mass is 662 g/mol. The van der Waals surface area contributed by atoms with Gasteiger partial charge in [-0.25, -0.2) is 0 Å². The van der Waals surface area contributed by atoms with Crippen LogP contribution >= 0.6 is 0 Å².